The van der Waals surface area contributed by atoms with Crippen molar-refractivity contribution in [1.29, 1.82) is 0 Å². The first-order valence-corrected chi connectivity index (χ1v) is 10.2. The van der Waals surface area contributed by atoms with E-state index in [1.807, 2.05) is 0 Å². The Morgan fingerprint density at radius 1 is 1.04 bits per heavy atom. The lowest BCUT2D eigenvalue weighted by molar-refractivity contribution is 0.0875. The second kappa shape index (κ2) is 7.78. The number of ketones is 1. The number of hydrogen-bond acceptors (Lipinski definition) is 4. The van der Waals surface area contributed by atoms with Crippen LogP contribution in [0.5, 0.6) is 5.75 Å². The number of nitrogens with zero attached hydrogens (tertiary/aromatic N) is 1. The smallest absolute Gasteiger partial charge is 0.243 e. The van der Waals surface area contributed by atoms with E-state index in [1.165, 1.54) is 11.4 Å². The molecule has 0 aromatic heterocycles. The van der Waals surface area contributed by atoms with Crippen LogP contribution in [0.3, 0.4) is 0 Å². The molecule has 7 heteroatoms. The largest absolute Gasteiger partial charge is 0.497 e. The first-order chi connectivity index (χ1) is 12.4. The van der Waals surface area contributed by atoms with Crippen molar-refractivity contribution in [3.05, 3.63) is 59.1 Å². The van der Waals surface area contributed by atoms with Gasteiger partial charge in [0, 0.05) is 29.6 Å². The van der Waals surface area contributed by atoms with Gasteiger partial charge in [-0.2, -0.15) is 4.31 Å². The molecule has 1 aliphatic rings. The predicted octanol–water partition coefficient (Wildman–Crippen LogP) is 3.63. The Kier molecular flexibility index (Phi) is 5.65. The van der Waals surface area contributed by atoms with Gasteiger partial charge in [0.15, 0.2) is 5.78 Å². The highest BCUT2D eigenvalue weighted by Crippen LogP contribution is 2.27. The average molecular weight is 394 g/mol. The summed E-state index contributed by atoms with van der Waals surface area (Å²) in [5.74, 6) is 0.484. The second-order valence-electron chi connectivity index (χ2n) is 6.23. The number of ether oxygens (including phenoxy) is 1. The maximum Gasteiger partial charge on any atom is 0.243 e. The third-order valence-electron chi connectivity index (χ3n) is 4.65. The number of methoxy groups -OCH3 is 1. The molecular weight excluding hydrogens is 374 g/mol. The van der Waals surface area contributed by atoms with E-state index in [0.717, 1.165) is 0 Å². The van der Waals surface area contributed by atoms with Crippen molar-refractivity contribution >= 4 is 27.4 Å². The molecule has 3 rings (SSSR count). The van der Waals surface area contributed by atoms with E-state index in [-0.39, 0.29) is 16.6 Å². The van der Waals surface area contributed by atoms with Gasteiger partial charge in [0.2, 0.25) is 10.0 Å². The van der Waals surface area contributed by atoms with Crippen LogP contribution in [0, 0.1) is 5.92 Å². The van der Waals surface area contributed by atoms with E-state index in [2.05, 4.69) is 0 Å². The maximum atomic E-state index is 12.8. The number of halogens is 1. The molecule has 0 amide bonds. The zero-order valence-electron chi connectivity index (χ0n) is 14.4. The molecule has 138 valence electrons. The molecule has 1 heterocycles. The van der Waals surface area contributed by atoms with Crippen LogP contribution in [0.15, 0.2) is 53.4 Å². The fourth-order valence-corrected chi connectivity index (χ4v) is 4.70. The maximum absolute atomic E-state index is 12.8. The number of sulfonamides is 1. The summed E-state index contributed by atoms with van der Waals surface area (Å²) in [5.41, 5.74) is 0.617. The van der Waals surface area contributed by atoms with Crippen molar-refractivity contribution in [2.24, 2.45) is 5.92 Å². The van der Waals surface area contributed by atoms with Gasteiger partial charge in [-0.15, -0.1) is 0 Å². The van der Waals surface area contributed by atoms with Crippen molar-refractivity contribution in [3.8, 4) is 5.75 Å². The molecule has 0 unspecified atom stereocenters. The van der Waals surface area contributed by atoms with Crippen LogP contribution >= 0.6 is 11.6 Å². The Morgan fingerprint density at radius 3 is 2.15 bits per heavy atom. The van der Waals surface area contributed by atoms with Crippen molar-refractivity contribution in [1.82, 2.24) is 4.31 Å². The van der Waals surface area contributed by atoms with Crippen LogP contribution in [0.25, 0.3) is 0 Å². The molecule has 0 N–H and O–H groups in total. The molecule has 1 fully saturated rings. The Balaban J connectivity index is 1.67. The van der Waals surface area contributed by atoms with Crippen molar-refractivity contribution < 1.29 is 17.9 Å². The number of carbonyl (C=O) groups is 1. The molecule has 0 bridgehead atoms. The van der Waals surface area contributed by atoms with E-state index >= 15 is 0 Å². The third-order valence-corrected chi connectivity index (χ3v) is 6.82. The number of Topliss-reactive ketones (excluding diaryl/α,β-unsaturated/α-hetero) is 1. The van der Waals surface area contributed by atoms with Gasteiger partial charge in [-0.1, -0.05) is 11.6 Å². The van der Waals surface area contributed by atoms with Crippen molar-refractivity contribution in [2.45, 2.75) is 17.7 Å². The second-order valence-corrected chi connectivity index (χ2v) is 8.60. The molecule has 5 nitrogen and oxygen atoms in total. The Bertz CT molecular complexity index is 871. The minimum Gasteiger partial charge on any atom is -0.497 e. The summed E-state index contributed by atoms with van der Waals surface area (Å²) >= 11 is 5.86. The van der Waals surface area contributed by atoms with Crippen LogP contribution in [0.4, 0.5) is 0 Å². The van der Waals surface area contributed by atoms with Crippen LogP contribution < -0.4 is 4.74 Å². The van der Waals surface area contributed by atoms with Crippen LogP contribution in [0.1, 0.15) is 23.2 Å². The van der Waals surface area contributed by atoms with Gasteiger partial charge in [-0.3, -0.25) is 4.79 Å². The molecule has 1 saturated heterocycles. The van der Waals surface area contributed by atoms with Gasteiger partial charge < -0.3 is 4.74 Å². The minimum absolute atomic E-state index is 0.0446. The summed E-state index contributed by atoms with van der Waals surface area (Å²) in [5, 5.41) is 0.585. The Morgan fingerprint density at radius 2 is 1.62 bits per heavy atom. The lowest BCUT2D eigenvalue weighted by atomic mass is 9.90. The summed E-state index contributed by atoms with van der Waals surface area (Å²) < 4.78 is 32.0. The summed E-state index contributed by atoms with van der Waals surface area (Å²) in [6, 6.07) is 13.2. The SMILES string of the molecule is COc1ccc(S(=O)(=O)N2CCC(C(=O)c3ccc(Cl)cc3)CC2)cc1. The van der Waals surface area contributed by atoms with E-state index in [9.17, 15) is 13.2 Å². The quantitative estimate of drug-likeness (QED) is 0.727. The van der Waals surface area contributed by atoms with Crippen LogP contribution in [-0.2, 0) is 10.0 Å². The molecule has 0 saturated carbocycles. The lowest BCUT2D eigenvalue weighted by Gasteiger charge is -2.30. The fraction of sp³-hybridized carbons (Fsp3) is 0.316. The highest BCUT2D eigenvalue weighted by molar-refractivity contribution is 7.89. The average Bonchev–Trinajstić information content (AvgIpc) is 2.68. The zero-order chi connectivity index (χ0) is 18.7. The zero-order valence-corrected chi connectivity index (χ0v) is 16.0. The van der Waals surface area contributed by atoms with Gasteiger partial charge >= 0.3 is 0 Å². The van der Waals surface area contributed by atoms with Gasteiger partial charge in [0.05, 0.1) is 12.0 Å². The predicted molar refractivity (Wildman–Crippen MR) is 100 cm³/mol. The molecule has 0 atom stereocenters. The molecule has 0 radical (unpaired) electrons. The highest BCUT2D eigenvalue weighted by Gasteiger charge is 2.32. The summed E-state index contributed by atoms with van der Waals surface area (Å²) in [6.45, 7) is 0.663. The topological polar surface area (TPSA) is 63.7 Å². The normalized spacial score (nSPS) is 16.4. The third kappa shape index (κ3) is 3.92. The van der Waals surface area contributed by atoms with Crippen molar-refractivity contribution in [2.75, 3.05) is 20.2 Å². The van der Waals surface area contributed by atoms with E-state index in [0.29, 0.717) is 42.3 Å². The van der Waals surface area contributed by atoms with Gasteiger partial charge in [-0.05, 0) is 61.4 Å². The Hall–Kier alpha value is -1.89. The van der Waals surface area contributed by atoms with E-state index in [4.69, 9.17) is 16.3 Å². The Labute approximate surface area is 158 Å². The molecule has 0 aliphatic carbocycles. The molecule has 2 aromatic carbocycles. The van der Waals surface area contributed by atoms with E-state index < -0.39 is 10.0 Å². The monoisotopic (exact) mass is 393 g/mol. The van der Waals surface area contributed by atoms with Gasteiger partial charge in [0.1, 0.15) is 5.75 Å². The highest BCUT2D eigenvalue weighted by atomic mass is 35.5. The van der Waals surface area contributed by atoms with Gasteiger partial charge in [-0.25, -0.2) is 8.42 Å². The van der Waals surface area contributed by atoms with Crippen LogP contribution in [-0.4, -0.2) is 38.7 Å². The fourth-order valence-electron chi connectivity index (χ4n) is 3.10. The number of benzene rings is 2. The van der Waals surface area contributed by atoms with Crippen molar-refractivity contribution in [3.63, 3.8) is 0 Å². The minimum atomic E-state index is -3.56. The summed E-state index contributed by atoms with van der Waals surface area (Å²) in [6.07, 6.45) is 1.02. The molecule has 0 spiro atoms. The lowest BCUT2D eigenvalue weighted by Crippen LogP contribution is -2.40. The molecule has 26 heavy (non-hydrogen) atoms. The first-order valence-electron chi connectivity index (χ1n) is 8.36. The summed E-state index contributed by atoms with van der Waals surface area (Å²) in [4.78, 5) is 12.8. The number of piperidine rings is 1. The van der Waals surface area contributed by atoms with Crippen LogP contribution in [0.2, 0.25) is 5.02 Å². The van der Waals surface area contributed by atoms with Gasteiger partial charge in [0.25, 0.3) is 0 Å². The molecular formula is C19H20ClNO4S. The number of hydrogen-bond donors (Lipinski definition) is 0. The first kappa shape index (κ1) is 18.9. The number of rotatable bonds is 5. The van der Waals surface area contributed by atoms with E-state index in [1.54, 1.807) is 48.5 Å². The standard InChI is InChI=1S/C19H20ClNO4S/c1-25-17-6-8-18(9-7-17)26(23,24)21-12-10-15(11-13-21)19(22)14-2-4-16(20)5-3-14/h2-9,15H,10-13H2,1H3. The molecule has 2 aromatic rings. The summed E-state index contributed by atoms with van der Waals surface area (Å²) in [7, 11) is -2.02. The molecule has 1 aliphatic heterocycles. The number of carbonyl (C=O) groups excluding carboxylic acids is 1.